The Labute approximate surface area is 343 Å². The van der Waals surface area contributed by atoms with Gasteiger partial charge in [0.2, 0.25) is 5.89 Å². The molecule has 10 aromatic carbocycles. The number of hydrogen-bond acceptors (Lipinski definition) is 2. The summed E-state index contributed by atoms with van der Waals surface area (Å²) in [5.41, 5.74) is 16.5. The van der Waals surface area contributed by atoms with Crippen molar-refractivity contribution < 1.29 is 4.42 Å². The lowest BCUT2D eigenvalue weighted by Gasteiger charge is -2.17. The Morgan fingerprint density at radius 1 is 0.271 bits per heavy atom. The number of nitrogens with zero attached hydrogens (tertiary/aromatic N) is 1. The van der Waals surface area contributed by atoms with Crippen molar-refractivity contribution >= 4 is 32.6 Å². The first-order valence-electron chi connectivity index (χ1n) is 20.1. The molecule has 0 fully saturated rings. The molecule has 0 radical (unpaired) electrons. The lowest BCUT2D eigenvalue weighted by atomic mass is 9.86. The molecule has 0 aliphatic heterocycles. The van der Waals surface area contributed by atoms with Gasteiger partial charge in [-0.25, -0.2) is 4.98 Å². The van der Waals surface area contributed by atoms with Crippen LogP contribution in [0.25, 0.3) is 111 Å². The summed E-state index contributed by atoms with van der Waals surface area (Å²) >= 11 is 0. The standard InChI is InChI=1S/C57H37NO/c1-4-18-38(19-5-1)43-24-10-12-26-45(43)51-36-53-54(37-52(51)46-27-13-11-25-44(46)39-20-6-2-7-21-39)59-57(58-53)42-34-32-41(33-35-42)56-49-30-16-14-28-47(49)55(40-22-8-3-9-23-40)48-29-15-17-31-50(48)56/h1-37H. The van der Waals surface area contributed by atoms with Crippen LogP contribution in [0.1, 0.15) is 0 Å². The van der Waals surface area contributed by atoms with E-state index in [-0.39, 0.29) is 0 Å². The Morgan fingerprint density at radius 3 is 1.10 bits per heavy atom. The van der Waals surface area contributed by atoms with Gasteiger partial charge in [-0.3, -0.25) is 0 Å². The van der Waals surface area contributed by atoms with Crippen molar-refractivity contribution in [2.45, 2.75) is 0 Å². The van der Waals surface area contributed by atoms with Gasteiger partial charge in [-0.2, -0.15) is 0 Å². The minimum atomic E-state index is 0.594. The van der Waals surface area contributed by atoms with E-state index in [0.29, 0.717) is 5.89 Å². The molecule has 276 valence electrons. The van der Waals surface area contributed by atoms with E-state index in [1.54, 1.807) is 0 Å². The molecule has 0 aliphatic rings. The second kappa shape index (κ2) is 14.6. The number of hydrogen-bond donors (Lipinski definition) is 0. The number of fused-ring (bicyclic) bond motifs is 3. The zero-order valence-corrected chi connectivity index (χ0v) is 32.2. The summed E-state index contributed by atoms with van der Waals surface area (Å²) in [7, 11) is 0. The maximum atomic E-state index is 6.71. The molecule has 0 saturated carbocycles. The van der Waals surface area contributed by atoms with E-state index in [9.17, 15) is 0 Å². The smallest absolute Gasteiger partial charge is 0.227 e. The molecule has 0 unspecified atom stereocenters. The van der Waals surface area contributed by atoms with Crippen LogP contribution in [0.4, 0.5) is 0 Å². The van der Waals surface area contributed by atoms with Gasteiger partial charge in [0.05, 0.1) is 0 Å². The Hall–Kier alpha value is -7.81. The minimum Gasteiger partial charge on any atom is -0.436 e. The molecule has 2 heteroatoms. The highest BCUT2D eigenvalue weighted by atomic mass is 16.3. The summed E-state index contributed by atoms with van der Waals surface area (Å²) in [6, 6.07) is 79.9. The van der Waals surface area contributed by atoms with Crippen molar-refractivity contribution in [3.05, 3.63) is 224 Å². The van der Waals surface area contributed by atoms with Crippen molar-refractivity contribution in [2.24, 2.45) is 0 Å². The number of aromatic nitrogens is 1. The molecule has 11 aromatic rings. The molecular weight excluding hydrogens is 715 g/mol. The molecule has 0 amide bonds. The molecule has 0 bridgehead atoms. The summed E-state index contributed by atoms with van der Waals surface area (Å²) in [6.45, 7) is 0. The Kier molecular flexibility index (Phi) is 8.52. The number of benzene rings is 10. The Morgan fingerprint density at radius 2 is 0.627 bits per heavy atom. The summed E-state index contributed by atoms with van der Waals surface area (Å²) in [5.74, 6) is 0.594. The van der Waals surface area contributed by atoms with Gasteiger partial charge in [-0.15, -0.1) is 0 Å². The average molecular weight is 752 g/mol. The summed E-state index contributed by atoms with van der Waals surface area (Å²) in [6.07, 6.45) is 0. The maximum absolute atomic E-state index is 6.71. The van der Waals surface area contributed by atoms with Crippen LogP contribution in [0.3, 0.4) is 0 Å². The van der Waals surface area contributed by atoms with Crippen LogP contribution in [0.15, 0.2) is 229 Å². The largest absolute Gasteiger partial charge is 0.436 e. The molecule has 0 N–H and O–H groups in total. The van der Waals surface area contributed by atoms with Crippen molar-refractivity contribution in [3.8, 4) is 78.2 Å². The van der Waals surface area contributed by atoms with Crippen LogP contribution in [0, 0.1) is 0 Å². The molecule has 1 heterocycles. The lowest BCUT2D eigenvalue weighted by Crippen LogP contribution is -1.92. The van der Waals surface area contributed by atoms with E-state index < -0.39 is 0 Å². The fourth-order valence-electron chi connectivity index (χ4n) is 8.85. The molecule has 0 spiro atoms. The van der Waals surface area contributed by atoms with Gasteiger partial charge in [0, 0.05) is 5.56 Å². The van der Waals surface area contributed by atoms with Crippen molar-refractivity contribution in [1.82, 2.24) is 4.98 Å². The van der Waals surface area contributed by atoms with E-state index in [1.807, 2.05) is 0 Å². The van der Waals surface area contributed by atoms with E-state index in [4.69, 9.17) is 9.40 Å². The SMILES string of the molecule is c1ccc(-c2ccccc2-c2cc3nc(-c4ccc(-c5c6ccccc6c(-c6ccccc6)c6ccccc56)cc4)oc3cc2-c2ccccc2-c2ccccc2)cc1. The topological polar surface area (TPSA) is 26.0 Å². The van der Waals surface area contributed by atoms with Gasteiger partial charge in [0.15, 0.2) is 5.58 Å². The van der Waals surface area contributed by atoms with E-state index >= 15 is 0 Å². The van der Waals surface area contributed by atoms with Crippen LogP contribution in [-0.4, -0.2) is 4.98 Å². The normalized spacial score (nSPS) is 11.4. The van der Waals surface area contributed by atoms with Gasteiger partial charge in [0.1, 0.15) is 5.52 Å². The highest BCUT2D eigenvalue weighted by Crippen LogP contribution is 2.46. The molecule has 0 atom stereocenters. The van der Waals surface area contributed by atoms with Crippen molar-refractivity contribution in [1.29, 1.82) is 0 Å². The summed E-state index contributed by atoms with van der Waals surface area (Å²) in [5, 5.41) is 4.94. The monoisotopic (exact) mass is 751 g/mol. The van der Waals surface area contributed by atoms with Gasteiger partial charge < -0.3 is 4.42 Å². The first-order chi connectivity index (χ1) is 29.3. The number of oxazole rings is 1. The first kappa shape index (κ1) is 34.4. The van der Waals surface area contributed by atoms with Crippen LogP contribution in [0.2, 0.25) is 0 Å². The quantitative estimate of drug-likeness (QED) is 0.152. The van der Waals surface area contributed by atoms with Gasteiger partial charge in [-0.1, -0.05) is 200 Å². The van der Waals surface area contributed by atoms with E-state index in [2.05, 4.69) is 224 Å². The highest BCUT2D eigenvalue weighted by molar-refractivity contribution is 6.21. The van der Waals surface area contributed by atoms with E-state index in [1.165, 1.54) is 54.9 Å². The second-order valence-corrected chi connectivity index (χ2v) is 15.0. The maximum Gasteiger partial charge on any atom is 0.227 e. The van der Waals surface area contributed by atoms with Crippen molar-refractivity contribution in [3.63, 3.8) is 0 Å². The molecule has 59 heavy (non-hydrogen) atoms. The third-order valence-electron chi connectivity index (χ3n) is 11.5. The molecule has 11 rings (SSSR count). The molecule has 0 saturated heterocycles. The molecule has 0 aliphatic carbocycles. The fourth-order valence-corrected chi connectivity index (χ4v) is 8.85. The molecular formula is C57H37NO. The Bertz CT molecular complexity index is 3120. The van der Waals surface area contributed by atoms with Gasteiger partial charge >= 0.3 is 0 Å². The van der Waals surface area contributed by atoms with Crippen LogP contribution < -0.4 is 0 Å². The highest BCUT2D eigenvalue weighted by Gasteiger charge is 2.21. The Balaban J connectivity index is 1.07. The first-order valence-corrected chi connectivity index (χ1v) is 20.1. The van der Waals surface area contributed by atoms with Crippen molar-refractivity contribution in [2.75, 3.05) is 0 Å². The minimum absolute atomic E-state index is 0.594. The van der Waals surface area contributed by atoms with E-state index in [0.717, 1.165) is 50.0 Å². The van der Waals surface area contributed by atoms with Crippen LogP contribution in [-0.2, 0) is 0 Å². The predicted molar refractivity (Wildman–Crippen MR) is 247 cm³/mol. The molecule has 2 nitrogen and oxygen atoms in total. The number of rotatable bonds is 7. The lowest BCUT2D eigenvalue weighted by molar-refractivity contribution is 0.620. The second-order valence-electron chi connectivity index (χ2n) is 15.0. The van der Waals surface area contributed by atoms with Gasteiger partial charge in [-0.05, 0) is 113 Å². The summed E-state index contributed by atoms with van der Waals surface area (Å²) in [4.78, 5) is 5.17. The summed E-state index contributed by atoms with van der Waals surface area (Å²) < 4.78 is 6.71. The third kappa shape index (κ3) is 6.10. The zero-order chi connectivity index (χ0) is 39.1. The molecule has 1 aromatic heterocycles. The third-order valence-corrected chi connectivity index (χ3v) is 11.5. The zero-order valence-electron chi connectivity index (χ0n) is 32.2. The average Bonchev–Trinajstić information content (AvgIpc) is 3.74. The predicted octanol–water partition coefficient (Wildman–Crippen LogP) is 15.8. The van der Waals surface area contributed by atoms with Crippen LogP contribution >= 0.6 is 0 Å². The fraction of sp³-hybridized carbons (Fsp3) is 0. The van der Waals surface area contributed by atoms with Gasteiger partial charge in [0.25, 0.3) is 0 Å². The van der Waals surface area contributed by atoms with Crippen LogP contribution in [0.5, 0.6) is 0 Å².